The number of rotatable bonds is 5. The highest BCUT2D eigenvalue weighted by Crippen LogP contribution is 2.23. The van der Waals surface area contributed by atoms with Crippen molar-refractivity contribution in [2.24, 2.45) is 0 Å². The zero-order chi connectivity index (χ0) is 19.2. The van der Waals surface area contributed by atoms with E-state index in [1.807, 2.05) is 24.3 Å². The summed E-state index contributed by atoms with van der Waals surface area (Å²) in [5.41, 5.74) is 5.04. The fourth-order valence-electron chi connectivity index (χ4n) is 2.32. The highest BCUT2D eigenvalue weighted by atomic mass is 32.2. The number of fused-ring (bicyclic) bond motifs is 1. The predicted octanol–water partition coefficient (Wildman–Crippen LogP) is 2.36. The van der Waals surface area contributed by atoms with Crippen molar-refractivity contribution in [3.63, 3.8) is 0 Å². The van der Waals surface area contributed by atoms with E-state index in [9.17, 15) is 14.0 Å². The topological polar surface area (TPSA) is 96.0 Å². The molecule has 2 amide bonds. The molecule has 27 heavy (non-hydrogen) atoms. The lowest BCUT2D eigenvalue weighted by atomic mass is 10.2. The lowest BCUT2D eigenvalue weighted by Crippen LogP contribution is -2.42. The molecule has 7 nitrogen and oxygen atoms in total. The van der Waals surface area contributed by atoms with Crippen LogP contribution in [0.25, 0.3) is 10.9 Å². The molecular weight excluding hydrogens is 369 g/mol. The third kappa shape index (κ3) is 4.50. The molecule has 0 fully saturated rings. The number of benzene rings is 2. The summed E-state index contributed by atoms with van der Waals surface area (Å²) in [7, 11) is 1.76. The average Bonchev–Trinajstić information content (AvgIpc) is 2.70. The molecule has 0 aliphatic heterocycles. The summed E-state index contributed by atoms with van der Waals surface area (Å²) in [4.78, 5) is 32.6. The second kappa shape index (κ2) is 8.45. The smallest absolute Gasteiger partial charge is 0.272 e. The lowest BCUT2D eigenvalue weighted by Gasteiger charge is -2.09. The molecule has 3 N–H and O–H groups in total. The standard InChI is InChI=1S/C18H16FN5O2S/c1-20-16-12-7-3-5-9-14(12)21-18(22-16)27-10-15(25)23-24-17(26)11-6-2-4-8-13(11)19/h2-9H,10H2,1H3,(H,23,25)(H,24,26)(H,20,21,22). The van der Waals surface area contributed by atoms with Crippen LogP contribution >= 0.6 is 11.8 Å². The van der Waals surface area contributed by atoms with Gasteiger partial charge in [-0.15, -0.1) is 0 Å². The third-order valence-electron chi connectivity index (χ3n) is 3.59. The van der Waals surface area contributed by atoms with E-state index in [1.54, 1.807) is 7.05 Å². The van der Waals surface area contributed by atoms with Crippen LogP contribution in [-0.2, 0) is 4.79 Å². The molecule has 0 unspecified atom stereocenters. The Morgan fingerprint density at radius 1 is 1.04 bits per heavy atom. The maximum absolute atomic E-state index is 13.5. The zero-order valence-electron chi connectivity index (χ0n) is 14.3. The molecule has 1 heterocycles. The van der Waals surface area contributed by atoms with Crippen LogP contribution in [0.15, 0.2) is 53.7 Å². The largest absolute Gasteiger partial charge is 0.372 e. The van der Waals surface area contributed by atoms with Gasteiger partial charge in [-0.25, -0.2) is 14.4 Å². The van der Waals surface area contributed by atoms with E-state index in [2.05, 4.69) is 26.1 Å². The minimum absolute atomic E-state index is 0.0148. The number of nitrogens with one attached hydrogen (secondary N) is 3. The van der Waals surface area contributed by atoms with Gasteiger partial charge in [-0.05, 0) is 24.3 Å². The SMILES string of the molecule is CNc1nc(SCC(=O)NNC(=O)c2ccccc2F)nc2ccccc12. The lowest BCUT2D eigenvalue weighted by molar-refractivity contribution is -0.119. The first-order chi connectivity index (χ1) is 13.1. The number of aromatic nitrogens is 2. The number of carbonyl (C=O) groups excluding carboxylic acids is 2. The summed E-state index contributed by atoms with van der Waals surface area (Å²) in [6.45, 7) is 0. The van der Waals surface area contributed by atoms with Crippen molar-refractivity contribution in [3.8, 4) is 0 Å². The molecule has 0 aliphatic rings. The number of hydrazine groups is 1. The molecule has 0 aliphatic carbocycles. The number of thioether (sulfide) groups is 1. The van der Waals surface area contributed by atoms with Gasteiger partial charge in [0, 0.05) is 12.4 Å². The van der Waals surface area contributed by atoms with Crippen LogP contribution in [0.3, 0.4) is 0 Å². The van der Waals surface area contributed by atoms with Gasteiger partial charge >= 0.3 is 0 Å². The second-order valence-electron chi connectivity index (χ2n) is 5.39. The summed E-state index contributed by atoms with van der Waals surface area (Å²) < 4.78 is 13.5. The van der Waals surface area contributed by atoms with Crippen molar-refractivity contribution in [2.45, 2.75) is 5.16 Å². The summed E-state index contributed by atoms with van der Waals surface area (Å²) in [6, 6.07) is 13.0. The minimum Gasteiger partial charge on any atom is -0.372 e. The molecule has 0 radical (unpaired) electrons. The van der Waals surface area contributed by atoms with Crippen LogP contribution in [0.2, 0.25) is 0 Å². The van der Waals surface area contributed by atoms with Gasteiger partial charge in [-0.2, -0.15) is 0 Å². The molecule has 0 atom stereocenters. The molecule has 3 aromatic rings. The number of carbonyl (C=O) groups is 2. The van der Waals surface area contributed by atoms with Crippen molar-refractivity contribution in [3.05, 3.63) is 59.9 Å². The molecule has 0 spiro atoms. The highest BCUT2D eigenvalue weighted by molar-refractivity contribution is 7.99. The van der Waals surface area contributed by atoms with E-state index < -0.39 is 17.6 Å². The van der Waals surface area contributed by atoms with Crippen LogP contribution < -0.4 is 16.2 Å². The molecule has 0 saturated carbocycles. The Morgan fingerprint density at radius 2 is 1.78 bits per heavy atom. The van der Waals surface area contributed by atoms with E-state index in [0.29, 0.717) is 11.0 Å². The fraction of sp³-hybridized carbons (Fsp3) is 0.111. The Labute approximate surface area is 158 Å². The number of para-hydroxylation sites is 1. The average molecular weight is 385 g/mol. The molecule has 0 saturated heterocycles. The maximum atomic E-state index is 13.5. The number of anilines is 1. The van der Waals surface area contributed by atoms with Gasteiger partial charge in [0.05, 0.1) is 16.8 Å². The van der Waals surface area contributed by atoms with Crippen LogP contribution in [0.5, 0.6) is 0 Å². The molecule has 3 rings (SSSR count). The minimum atomic E-state index is -0.731. The van der Waals surface area contributed by atoms with Gasteiger partial charge in [0.1, 0.15) is 11.6 Å². The van der Waals surface area contributed by atoms with Gasteiger partial charge in [0.25, 0.3) is 5.91 Å². The Bertz CT molecular complexity index is 998. The maximum Gasteiger partial charge on any atom is 0.272 e. The first kappa shape index (κ1) is 18.6. The Kier molecular flexibility index (Phi) is 5.82. The molecule has 9 heteroatoms. The van der Waals surface area contributed by atoms with Crippen molar-refractivity contribution >= 4 is 40.3 Å². The molecular formula is C18H16FN5O2S. The fourth-order valence-corrected chi connectivity index (χ4v) is 2.97. The van der Waals surface area contributed by atoms with Crippen LogP contribution in [0.1, 0.15) is 10.4 Å². The van der Waals surface area contributed by atoms with Crippen molar-refractivity contribution < 1.29 is 14.0 Å². The number of amides is 2. The summed E-state index contributed by atoms with van der Waals surface area (Å²) in [5, 5.41) is 4.31. The van der Waals surface area contributed by atoms with E-state index in [1.165, 1.54) is 24.3 Å². The number of halogens is 1. The van der Waals surface area contributed by atoms with E-state index in [-0.39, 0.29) is 11.3 Å². The summed E-state index contributed by atoms with van der Waals surface area (Å²) in [5.74, 6) is -1.21. The first-order valence-corrected chi connectivity index (χ1v) is 8.98. The Morgan fingerprint density at radius 3 is 2.56 bits per heavy atom. The van der Waals surface area contributed by atoms with Crippen LogP contribution in [-0.4, -0.2) is 34.6 Å². The van der Waals surface area contributed by atoms with Gasteiger partial charge in [-0.1, -0.05) is 36.0 Å². The molecule has 0 bridgehead atoms. The monoisotopic (exact) mass is 385 g/mol. The molecule has 138 valence electrons. The zero-order valence-corrected chi connectivity index (χ0v) is 15.1. The highest BCUT2D eigenvalue weighted by Gasteiger charge is 2.13. The van der Waals surface area contributed by atoms with Crippen LogP contribution in [0, 0.1) is 5.82 Å². The van der Waals surface area contributed by atoms with Gasteiger partial charge < -0.3 is 5.32 Å². The van der Waals surface area contributed by atoms with Crippen molar-refractivity contribution in [2.75, 3.05) is 18.1 Å². The predicted molar refractivity (Wildman–Crippen MR) is 102 cm³/mol. The summed E-state index contributed by atoms with van der Waals surface area (Å²) in [6.07, 6.45) is 0. The van der Waals surface area contributed by atoms with Gasteiger partial charge in [0.2, 0.25) is 5.91 Å². The van der Waals surface area contributed by atoms with Gasteiger partial charge in [0.15, 0.2) is 5.16 Å². The third-order valence-corrected chi connectivity index (χ3v) is 4.43. The second-order valence-corrected chi connectivity index (χ2v) is 6.34. The molecule has 2 aromatic carbocycles. The number of nitrogens with zero attached hydrogens (tertiary/aromatic N) is 2. The van der Waals surface area contributed by atoms with E-state index >= 15 is 0 Å². The van der Waals surface area contributed by atoms with E-state index in [0.717, 1.165) is 22.7 Å². The normalized spacial score (nSPS) is 10.4. The number of hydrogen-bond donors (Lipinski definition) is 3. The van der Waals surface area contributed by atoms with Crippen molar-refractivity contribution in [1.82, 2.24) is 20.8 Å². The Balaban J connectivity index is 1.59. The number of hydrogen-bond acceptors (Lipinski definition) is 6. The van der Waals surface area contributed by atoms with Crippen molar-refractivity contribution in [1.29, 1.82) is 0 Å². The Hall–Kier alpha value is -3.20. The van der Waals surface area contributed by atoms with E-state index in [4.69, 9.17) is 0 Å². The summed E-state index contributed by atoms with van der Waals surface area (Å²) >= 11 is 1.12. The van der Waals surface area contributed by atoms with Crippen LogP contribution in [0.4, 0.5) is 10.2 Å². The molecule has 1 aromatic heterocycles. The van der Waals surface area contributed by atoms with Gasteiger partial charge in [-0.3, -0.25) is 20.4 Å². The quantitative estimate of drug-likeness (QED) is 0.355. The first-order valence-electron chi connectivity index (χ1n) is 7.99.